The average Bonchev–Trinajstić information content (AvgIpc) is 3.01. The minimum Gasteiger partial charge on any atom is -0.464 e. The summed E-state index contributed by atoms with van der Waals surface area (Å²) < 4.78 is 4.73. The van der Waals surface area contributed by atoms with Gasteiger partial charge >= 0.3 is 5.97 Å². The summed E-state index contributed by atoms with van der Waals surface area (Å²) in [7, 11) is 1.32. The second kappa shape index (κ2) is 6.97. The molecule has 1 amide bonds. The number of ether oxygens (including phenoxy) is 1. The van der Waals surface area contributed by atoms with Crippen molar-refractivity contribution in [3.05, 3.63) is 26.1 Å². The van der Waals surface area contributed by atoms with E-state index < -0.39 is 5.97 Å². The van der Waals surface area contributed by atoms with Gasteiger partial charge in [0.05, 0.1) is 17.8 Å². The van der Waals surface area contributed by atoms with Gasteiger partial charge in [0, 0.05) is 4.88 Å². The van der Waals surface area contributed by atoms with Crippen LogP contribution in [0.5, 0.6) is 0 Å². The van der Waals surface area contributed by atoms with E-state index in [4.69, 9.17) is 4.74 Å². The Hall–Kier alpha value is -1.80. The van der Waals surface area contributed by atoms with Gasteiger partial charge in [-0.1, -0.05) is 13.3 Å². The summed E-state index contributed by atoms with van der Waals surface area (Å²) in [4.78, 5) is 33.8. The van der Waals surface area contributed by atoms with E-state index in [1.807, 2.05) is 13.8 Å². The molecule has 0 radical (unpaired) electrons. The Kier molecular flexibility index (Phi) is 5.25. The van der Waals surface area contributed by atoms with Crippen LogP contribution in [-0.4, -0.2) is 29.0 Å². The number of esters is 1. The summed E-state index contributed by atoms with van der Waals surface area (Å²) in [5.41, 5.74) is 0.973. The van der Waals surface area contributed by atoms with Gasteiger partial charge in [-0.25, -0.2) is 14.8 Å². The first-order valence-corrected chi connectivity index (χ1v) is 8.43. The molecule has 0 aliphatic carbocycles. The highest BCUT2D eigenvalue weighted by atomic mass is 32.1. The van der Waals surface area contributed by atoms with Crippen molar-refractivity contribution in [2.45, 2.75) is 33.6 Å². The van der Waals surface area contributed by atoms with Crippen molar-refractivity contribution in [2.75, 3.05) is 12.4 Å². The molecule has 118 valence electrons. The third-order valence-corrected chi connectivity index (χ3v) is 4.99. The summed E-state index contributed by atoms with van der Waals surface area (Å²) in [5, 5.41) is 3.98. The highest BCUT2D eigenvalue weighted by Crippen LogP contribution is 2.26. The van der Waals surface area contributed by atoms with Crippen LogP contribution in [0.1, 0.15) is 49.1 Å². The maximum atomic E-state index is 12.3. The van der Waals surface area contributed by atoms with Gasteiger partial charge in [0.2, 0.25) is 0 Å². The standard InChI is InChI=1S/C14H17N3O3S2/c1-5-6-9-10(13(19)20-4)16-14(22-9)17-12(18)11-7(2)15-8(3)21-11/h5-6H2,1-4H3,(H,16,17,18). The predicted molar refractivity (Wildman–Crippen MR) is 87.0 cm³/mol. The first-order chi connectivity index (χ1) is 10.5. The molecule has 0 fully saturated rings. The SMILES string of the molecule is CCCc1sc(NC(=O)c2sc(C)nc2C)nc1C(=O)OC. The van der Waals surface area contributed by atoms with Crippen LogP contribution in [0, 0.1) is 13.8 Å². The van der Waals surface area contributed by atoms with E-state index in [1.54, 1.807) is 6.92 Å². The molecule has 0 spiro atoms. The number of hydrogen-bond donors (Lipinski definition) is 1. The van der Waals surface area contributed by atoms with Gasteiger partial charge in [-0.15, -0.1) is 22.7 Å². The Balaban J connectivity index is 2.24. The van der Waals surface area contributed by atoms with Crippen LogP contribution in [-0.2, 0) is 11.2 Å². The van der Waals surface area contributed by atoms with Gasteiger partial charge in [-0.2, -0.15) is 0 Å². The van der Waals surface area contributed by atoms with Gasteiger partial charge in [0.15, 0.2) is 10.8 Å². The number of rotatable bonds is 5. The zero-order valence-electron chi connectivity index (χ0n) is 12.8. The Bertz CT molecular complexity index is 706. The van der Waals surface area contributed by atoms with Gasteiger partial charge < -0.3 is 4.74 Å². The summed E-state index contributed by atoms with van der Waals surface area (Å²) in [5.74, 6) is -0.735. The monoisotopic (exact) mass is 339 g/mol. The van der Waals surface area contributed by atoms with E-state index in [2.05, 4.69) is 15.3 Å². The largest absolute Gasteiger partial charge is 0.464 e. The predicted octanol–water partition coefficient (Wildman–Crippen LogP) is 3.21. The lowest BCUT2D eigenvalue weighted by molar-refractivity contribution is 0.0593. The summed E-state index contributed by atoms with van der Waals surface area (Å²) in [6.45, 7) is 5.66. The number of hydrogen-bond acceptors (Lipinski definition) is 7. The lowest BCUT2D eigenvalue weighted by Crippen LogP contribution is -2.12. The Morgan fingerprint density at radius 2 is 1.95 bits per heavy atom. The fraction of sp³-hybridized carbons (Fsp3) is 0.429. The summed E-state index contributed by atoms with van der Waals surface area (Å²) in [6.07, 6.45) is 1.60. The Morgan fingerprint density at radius 3 is 2.50 bits per heavy atom. The number of amides is 1. The molecule has 0 aliphatic heterocycles. The quantitative estimate of drug-likeness (QED) is 0.846. The molecule has 1 N–H and O–H groups in total. The zero-order valence-corrected chi connectivity index (χ0v) is 14.5. The molecule has 6 nitrogen and oxygen atoms in total. The van der Waals surface area contributed by atoms with Crippen molar-refractivity contribution >= 4 is 39.7 Å². The number of methoxy groups -OCH3 is 1. The van der Waals surface area contributed by atoms with Gasteiger partial charge in [-0.3, -0.25) is 10.1 Å². The molecule has 0 atom stereocenters. The van der Waals surface area contributed by atoms with E-state index in [1.165, 1.54) is 29.8 Å². The topological polar surface area (TPSA) is 81.2 Å². The lowest BCUT2D eigenvalue weighted by atomic mass is 10.2. The Morgan fingerprint density at radius 1 is 1.23 bits per heavy atom. The minimum absolute atomic E-state index is 0.253. The maximum Gasteiger partial charge on any atom is 0.357 e. The molecule has 2 aromatic rings. The third kappa shape index (κ3) is 3.50. The average molecular weight is 339 g/mol. The first kappa shape index (κ1) is 16.6. The van der Waals surface area contributed by atoms with Crippen molar-refractivity contribution in [1.29, 1.82) is 0 Å². The first-order valence-electron chi connectivity index (χ1n) is 6.79. The summed E-state index contributed by atoms with van der Waals surface area (Å²) in [6, 6.07) is 0. The fourth-order valence-electron chi connectivity index (χ4n) is 1.95. The van der Waals surface area contributed by atoms with Crippen molar-refractivity contribution in [3.63, 3.8) is 0 Å². The number of carbonyl (C=O) groups excluding carboxylic acids is 2. The van der Waals surface area contributed by atoms with Crippen LogP contribution in [0.4, 0.5) is 5.13 Å². The molecule has 0 saturated carbocycles. The van der Waals surface area contributed by atoms with Crippen LogP contribution in [0.3, 0.4) is 0 Å². The van der Waals surface area contributed by atoms with E-state index >= 15 is 0 Å². The molecular weight excluding hydrogens is 322 g/mol. The second-order valence-corrected chi connectivity index (χ2v) is 6.92. The zero-order chi connectivity index (χ0) is 16.3. The molecule has 0 unspecified atom stereocenters. The fourth-order valence-corrected chi connectivity index (χ4v) is 3.81. The number of anilines is 1. The van der Waals surface area contributed by atoms with Gasteiger partial charge in [0.1, 0.15) is 4.88 Å². The van der Waals surface area contributed by atoms with E-state index in [0.29, 0.717) is 15.7 Å². The number of aryl methyl sites for hydroxylation is 3. The maximum absolute atomic E-state index is 12.3. The molecule has 0 saturated heterocycles. The van der Waals surface area contributed by atoms with Crippen LogP contribution in [0.2, 0.25) is 0 Å². The molecule has 0 aromatic carbocycles. The normalized spacial score (nSPS) is 10.5. The van der Waals surface area contributed by atoms with Crippen LogP contribution in [0.25, 0.3) is 0 Å². The highest BCUT2D eigenvalue weighted by Gasteiger charge is 2.21. The van der Waals surface area contributed by atoms with E-state index in [-0.39, 0.29) is 11.6 Å². The van der Waals surface area contributed by atoms with Crippen molar-refractivity contribution in [2.24, 2.45) is 0 Å². The van der Waals surface area contributed by atoms with E-state index in [9.17, 15) is 9.59 Å². The lowest BCUT2D eigenvalue weighted by Gasteiger charge is -1.98. The van der Waals surface area contributed by atoms with Crippen LogP contribution in [0.15, 0.2) is 0 Å². The number of nitrogens with zero attached hydrogens (tertiary/aromatic N) is 2. The molecule has 0 bridgehead atoms. The van der Waals surface area contributed by atoms with E-state index in [0.717, 1.165) is 22.7 Å². The van der Waals surface area contributed by atoms with Gasteiger partial charge in [-0.05, 0) is 20.3 Å². The molecular formula is C14H17N3O3S2. The van der Waals surface area contributed by atoms with Crippen molar-refractivity contribution < 1.29 is 14.3 Å². The van der Waals surface area contributed by atoms with Crippen LogP contribution >= 0.6 is 22.7 Å². The third-order valence-electron chi connectivity index (χ3n) is 2.88. The second-order valence-electron chi connectivity index (χ2n) is 4.63. The smallest absolute Gasteiger partial charge is 0.357 e. The number of thiazole rings is 2. The Labute approximate surface area is 136 Å². The van der Waals surface area contributed by atoms with Crippen molar-refractivity contribution in [1.82, 2.24) is 9.97 Å². The number of nitrogens with one attached hydrogen (secondary N) is 1. The number of aromatic nitrogens is 2. The molecule has 8 heteroatoms. The summed E-state index contributed by atoms with van der Waals surface area (Å²) >= 11 is 2.64. The minimum atomic E-state index is -0.481. The van der Waals surface area contributed by atoms with Crippen molar-refractivity contribution in [3.8, 4) is 0 Å². The molecule has 2 aromatic heterocycles. The molecule has 22 heavy (non-hydrogen) atoms. The molecule has 2 rings (SSSR count). The highest BCUT2D eigenvalue weighted by molar-refractivity contribution is 7.16. The van der Waals surface area contributed by atoms with Gasteiger partial charge in [0.25, 0.3) is 5.91 Å². The number of carbonyl (C=O) groups is 2. The molecule has 0 aliphatic rings. The van der Waals surface area contributed by atoms with Crippen LogP contribution < -0.4 is 5.32 Å². The molecule has 2 heterocycles.